The third-order valence-corrected chi connectivity index (χ3v) is 3.27. The van der Waals surface area contributed by atoms with E-state index in [0.29, 0.717) is 18.5 Å². The van der Waals surface area contributed by atoms with E-state index in [4.69, 9.17) is 5.26 Å². The lowest BCUT2D eigenvalue weighted by Crippen LogP contribution is -2.27. The average Bonchev–Trinajstić information content (AvgIpc) is 2.48. The Hall–Kier alpha value is -2.60. The fourth-order valence-electron chi connectivity index (χ4n) is 2.16. The van der Waals surface area contributed by atoms with E-state index in [9.17, 15) is 4.79 Å². The number of nitrogens with zero attached hydrogens (tertiary/aromatic N) is 1. The second-order valence-corrected chi connectivity index (χ2v) is 5.07. The first kappa shape index (κ1) is 14.8. The summed E-state index contributed by atoms with van der Waals surface area (Å²) in [5.41, 5.74) is 3.99. The molecule has 0 unspecified atom stereocenters. The summed E-state index contributed by atoms with van der Waals surface area (Å²) >= 11 is 0. The standard InChI is InChI=1S/C18H18N2O/c1-14-3-2-4-15(11-14)9-10-20-18(21)12-16-5-7-17(13-19)8-6-16/h2-8,11H,9-10,12H2,1H3,(H,20,21). The van der Waals surface area contributed by atoms with Crippen LogP contribution < -0.4 is 5.32 Å². The molecular formula is C18H18N2O. The minimum Gasteiger partial charge on any atom is -0.355 e. The first-order valence-electron chi connectivity index (χ1n) is 6.98. The Morgan fingerprint density at radius 3 is 2.57 bits per heavy atom. The average molecular weight is 278 g/mol. The van der Waals surface area contributed by atoms with E-state index in [1.54, 1.807) is 12.1 Å². The van der Waals surface area contributed by atoms with Crippen LogP contribution in [0, 0.1) is 18.3 Å². The molecule has 1 N–H and O–H groups in total. The van der Waals surface area contributed by atoms with Crippen molar-refractivity contribution in [1.29, 1.82) is 5.26 Å². The predicted molar refractivity (Wildman–Crippen MR) is 82.8 cm³/mol. The Bertz CT molecular complexity index is 654. The number of carbonyl (C=O) groups excluding carboxylic acids is 1. The van der Waals surface area contributed by atoms with Crippen molar-refractivity contribution in [2.45, 2.75) is 19.8 Å². The van der Waals surface area contributed by atoms with Crippen molar-refractivity contribution in [3.63, 3.8) is 0 Å². The fraction of sp³-hybridized carbons (Fsp3) is 0.222. The third-order valence-electron chi connectivity index (χ3n) is 3.27. The maximum atomic E-state index is 11.8. The van der Waals surface area contributed by atoms with E-state index in [1.165, 1.54) is 11.1 Å². The Morgan fingerprint density at radius 1 is 1.14 bits per heavy atom. The maximum Gasteiger partial charge on any atom is 0.224 e. The van der Waals surface area contributed by atoms with Gasteiger partial charge in [-0.15, -0.1) is 0 Å². The molecule has 1 amide bonds. The zero-order valence-corrected chi connectivity index (χ0v) is 12.1. The second-order valence-electron chi connectivity index (χ2n) is 5.07. The van der Waals surface area contributed by atoms with Gasteiger partial charge in [0, 0.05) is 6.54 Å². The number of rotatable bonds is 5. The van der Waals surface area contributed by atoms with Crippen molar-refractivity contribution < 1.29 is 4.79 Å². The van der Waals surface area contributed by atoms with Crippen LogP contribution in [0.4, 0.5) is 0 Å². The number of carbonyl (C=O) groups is 1. The van der Waals surface area contributed by atoms with Crippen LogP contribution in [-0.4, -0.2) is 12.5 Å². The van der Waals surface area contributed by atoms with Gasteiger partial charge in [0.05, 0.1) is 18.1 Å². The highest BCUT2D eigenvalue weighted by molar-refractivity contribution is 5.78. The van der Waals surface area contributed by atoms with Gasteiger partial charge in [-0.05, 0) is 36.6 Å². The lowest BCUT2D eigenvalue weighted by Gasteiger charge is -2.06. The smallest absolute Gasteiger partial charge is 0.224 e. The largest absolute Gasteiger partial charge is 0.355 e. The van der Waals surface area contributed by atoms with Crippen LogP contribution in [-0.2, 0) is 17.6 Å². The molecule has 0 atom stereocenters. The summed E-state index contributed by atoms with van der Waals surface area (Å²) in [5, 5.41) is 11.6. The van der Waals surface area contributed by atoms with Crippen molar-refractivity contribution >= 4 is 5.91 Å². The van der Waals surface area contributed by atoms with E-state index >= 15 is 0 Å². The summed E-state index contributed by atoms with van der Waals surface area (Å²) in [7, 11) is 0. The molecule has 3 heteroatoms. The quantitative estimate of drug-likeness (QED) is 0.914. The molecule has 0 saturated heterocycles. The zero-order chi connectivity index (χ0) is 15.1. The monoisotopic (exact) mass is 278 g/mol. The Kier molecular flexibility index (Phi) is 5.11. The Balaban J connectivity index is 1.78. The molecule has 0 saturated carbocycles. The van der Waals surface area contributed by atoms with E-state index in [2.05, 4.69) is 36.5 Å². The summed E-state index contributed by atoms with van der Waals surface area (Å²) in [6.45, 7) is 2.70. The van der Waals surface area contributed by atoms with Crippen LogP contribution in [0.15, 0.2) is 48.5 Å². The molecule has 0 aromatic heterocycles. The SMILES string of the molecule is Cc1cccc(CCNC(=O)Cc2ccc(C#N)cc2)c1. The van der Waals surface area contributed by atoms with Gasteiger partial charge in [0.25, 0.3) is 0 Å². The van der Waals surface area contributed by atoms with Crippen molar-refractivity contribution in [2.24, 2.45) is 0 Å². The van der Waals surface area contributed by atoms with Crippen LogP contribution in [0.25, 0.3) is 0 Å². The van der Waals surface area contributed by atoms with Gasteiger partial charge in [-0.3, -0.25) is 4.79 Å². The normalized spacial score (nSPS) is 9.90. The highest BCUT2D eigenvalue weighted by Gasteiger charge is 2.03. The molecule has 2 aromatic carbocycles. The highest BCUT2D eigenvalue weighted by Crippen LogP contribution is 2.05. The van der Waals surface area contributed by atoms with Gasteiger partial charge in [0.15, 0.2) is 0 Å². The number of aryl methyl sites for hydroxylation is 1. The molecule has 0 spiro atoms. The Labute approximate surface area is 125 Å². The second kappa shape index (κ2) is 7.25. The zero-order valence-electron chi connectivity index (χ0n) is 12.1. The summed E-state index contributed by atoms with van der Waals surface area (Å²) in [5.74, 6) is 0.00682. The summed E-state index contributed by atoms with van der Waals surface area (Å²) < 4.78 is 0. The number of nitriles is 1. The number of nitrogens with one attached hydrogen (secondary N) is 1. The molecule has 2 rings (SSSR count). The van der Waals surface area contributed by atoms with Crippen LogP contribution in [0.1, 0.15) is 22.3 Å². The maximum absolute atomic E-state index is 11.8. The highest BCUT2D eigenvalue weighted by atomic mass is 16.1. The van der Waals surface area contributed by atoms with Gasteiger partial charge in [-0.2, -0.15) is 5.26 Å². The van der Waals surface area contributed by atoms with Gasteiger partial charge in [0.2, 0.25) is 5.91 Å². The van der Waals surface area contributed by atoms with Crippen LogP contribution in [0.3, 0.4) is 0 Å². The number of amides is 1. The van der Waals surface area contributed by atoms with Crippen LogP contribution in [0.2, 0.25) is 0 Å². The van der Waals surface area contributed by atoms with E-state index in [-0.39, 0.29) is 5.91 Å². The lowest BCUT2D eigenvalue weighted by atomic mass is 10.1. The summed E-state index contributed by atoms with van der Waals surface area (Å²) in [6, 6.07) is 17.5. The van der Waals surface area contributed by atoms with Crippen LogP contribution in [0.5, 0.6) is 0 Å². The lowest BCUT2D eigenvalue weighted by molar-refractivity contribution is -0.120. The molecule has 0 aliphatic heterocycles. The molecule has 0 fully saturated rings. The molecular weight excluding hydrogens is 260 g/mol. The van der Waals surface area contributed by atoms with Gasteiger partial charge in [0.1, 0.15) is 0 Å². The first-order valence-corrected chi connectivity index (χ1v) is 6.98. The third kappa shape index (κ3) is 4.77. The van der Waals surface area contributed by atoms with Crippen molar-refractivity contribution in [3.05, 3.63) is 70.8 Å². The van der Waals surface area contributed by atoms with Crippen molar-refractivity contribution in [3.8, 4) is 6.07 Å². The van der Waals surface area contributed by atoms with Crippen molar-refractivity contribution in [2.75, 3.05) is 6.54 Å². The van der Waals surface area contributed by atoms with E-state index in [0.717, 1.165) is 12.0 Å². The first-order chi connectivity index (χ1) is 10.2. The molecule has 0 aliphatic rings. The van der Waals surface area contributed by atoms with E-state index < -0.39 is 0 Å². The van der Waals surface area contributed by atoms with Gasteiger partial charge in [-0.1, -0.05) is 42.0 Å². The number of benzene rings is 2. The van der Waals surface area contributed by atoms with Crippen LogP contribution >= 0.6 is 0 Å². The Morgan fingerprint density at radius 2 is 1.90 bits per heavy atom. The van der Waals surface area contributed by atoms with Gasteiger partial charge < -0.3 is 5.32 Å². The number of hydrogen-bond donors (Lipinski definition) is 1. The van der Waals surface area contributed by atoms with E-state index in [1.807, 2.05) is 18.2 Å². The topological polar surface area (TPSA) is 52.9 Å². The minimum atomic E-state index is 0.00682. The molecule has 0 aliphatic carbocycles. The molecule has 3 nitrogen and oxygen atoms in total. The van der Waals surface area contributed by atoms with Gasteiger partial charge in [-0.25, -0.2) is 0 Å². The van der Waals surface area contributed by atoms with Gasteiger partial charge >= 0.3 is 0 Å². The minimum absolute atomic E-state index is 0.00682. The molecule has 0 bridgehead atoms. The molecule has 0 heterocycles. The molecule has 106 valence electrons. The fourth-order valence-corrected chi connectivity index (χ4v) is 2.16. The summed E-state index contributed by atoms with van der Waals surface area (Å²) in [4.78, 5) is 11.8. The predicted octanol–water partition coefficient (Wildman–Crippen LogP) is 2.77. The molecule has 0 radical (unpaired) electrons. The summed E-state index contributed by atoms with van der Waals surface area (Å²) in [6.07, 6.45) is 1.18. The molecule has 2 aromatic rings. The number of hydrogen-bond acceptors (Lipinski definition) is 2. The van der Waals surface area contributed by atoms with Crippen molar-refractivity contribution in [1.82, 2.24) is 5.32 Å². The molecule has 21 heavy (non-hydrogen) atoms.